The minimum Gasteiger partial charge on any atom is -0.508 e. The Bertz CT molecular complexity index is 117. The average Bonchev–Trinajstić information content (AvgIpc) is 2.10. The standard InChI is InChI=1S/C8H14O.C2H6/c1-4-7(5-2)8(9)6-3;1-2/h6,9H,3-5H2,1-2H3;1-2H3. The van der Waals surface area contributed by atoms with E-state index in [0.29, 0.717) is 5.76 Å². The molecule has 0 aliphatic carbocycles. The van der Waals surface area contributed by atoms with Crippen LogP contribution in [0.4, 0.5) is 0 Å². The second kappa shape index (κ2) is 9.28. The highest BCUT2D eigenvalue weighted by molar-refractivity contribution is 5.16. The summed E-state index contributed by atoms with van der Waals surface area (Å²) in [5, 5.41) is 9.08. The lowest BCUT2D eigenvalue weighted by molar-refractivity contribution is 0.421. The van der Waals surface area contributed by atoms with Gasteiger partial charge >= 0.3 is 0 Å². The lowest BCUT2D eigenvalue weighted by Gasteiger charge is -2.00. The molecule has 0 aliphatic rings. The molecule has 1 nitrogen and oxygen atoms in total. The van der Waals surface area contributed by atoms with Crippen molar-refractivity contribution in [1.82, 2.24) is 0 Å². The molecular formula is C10H20O. The molecule has 0 bridgehead atoms. The molecule has 0 aromatic carbocycles. The van der Waals surface area contributed by atoms with Crippen molar-refractivity contribution in [2.24, 2.45) is 0 Å². The van der Waals surface area contributed by atoms with Crippen molar-refractivity contribution in [2.75, 3.05) is 0 Å². The van der Waals surface area contributed by atoms with E-state index in [1.165, 1.54) is 6.08 Å². The summed E-state index contributed by atoms with van der Waals surface area (Å²) in [6, 6.07) is 0. The molecule has 1 N–H and O–H groups in total. The highest BCUT2D eigenvalue weighted by atomic mass is 16.3. The average molecular weight is 156 g/mol. The molecule has 0 amide bonds. The van der Waals surface area contributed by atoms with E-state index in [1.54, 1.807) is 0 Å². The van der Waals surface area contributed by atoms with Gasteiger partial charge in [0, 0.05) is 0 Å². The summed E-state index contributed by atoms with van der Waals surface area (Å²) in [5.41, 5.74) is 1.07. The van der Waals surface area contributed by atoms with Gasteiger partial charge in [-0.3, -0.25) is 0 Å². The lowest BCUT2D eigenvalue weighted by atomic mass is 10.1. The maximum absolute atomic E-state index is 9.08. The van der Waals surface area contributed by atoms with Crippen molar-refractivity contribution in [1.29, 1.82) is 0 Å². The molecule has 0 fully saturated rings. The van der Waals surface area contributed by atoms with Crippen LogP contribution in [0.2, 0.25) is 0 Å². The predicted molar refractivity (Wildman–Crippen MR) is 51.8 cm³/mol. The number of aliphatic hydroxyl groups excluding tert-OH is 1. The molecule has 66 valence electrons. The van der Waals surface area contributed by atoms with Crippen LogP contribution in [0, 0.1) is 0 Å². The molecule has 0 saturated heterocycles. The van der Waals surface area contributed by atoms with Crippen LogP contribution in [0.1, 0.15) is 40.5 Å². The maximum atomic E-state index is 9.08. The molecule has 0 rings (SSSR count). The topological polar surface area (TPSA) is 20.2 Å². The molecule has 11 heavy (non-hydrogen) atoms. The van der Waals surface area contributed by atoms with Crippen molar-refractivity contribution in [3.05, 3.63) is 24.0 Å². The molecule has 0 saturated carbocycles. The minimum absolute atomic E-state index is 0.347. The van der Waals surface area contributed by atoms with Crippen molar-refractivity contribution in [2.45, 2.75) is 40.5 Å². The Morgan fingerprint density at radius 1 is 1.27 bits per heavy atom. The summed E-state index contributed by atoms with van der Waals surface area (Å²) in [4.78, 5) is 0. The first-order valence-corrected chi connectivity index (χ1v) is 4.29. The quantitative estimate of drug-likeness (QED) is 0.486. The van der Waals surface area contributed by atoms with Gasteiger partial charge in [-0.25, -0.2) is 0 Å². The van der Waals surface area contributed by atoms with Crippen LogP contribution in [0.15, 0.2) is 24.0 Å². The fourth-order valence-electron chi connectivity index (χ4n) is 0.757. The van der Waals surface area contributed by atoms with E-state index in [9.17, 15) is 0 Å². The second-order valence-electron chi connectivity index (χ2n) is 1.90. The van der Waals surface area contributed by atoms with Gasteiger partial charge in [0.1, 0.15) is 5.76 Å². The third-order valence-corrected chi connectivity index (χ3v) is 1.41. The van der Waals surface area contributed by atoms with Gasteiger partial charge in [0.2, 0.25) is 0 Å². The van der Waals surface area contributed by atoms with Crippen LogP contribution >= 0.6 is 0 Å². The number of rotatable bonds is 3. The predicted octanol–water partition coefficient (Wildman–Crippen LogP) is 3.83. The van der Waals surface area contributed by atoms with Crippen molar-refractivity contribution >= 4 is 0 Å². The number of allylic oxidation sites excluding steroid dienone is 2. The smallest absolute Gasteiger partial charge is 0.114 e. The Labute approximate surface area is 70.4 Å². The van der Waals surface area contributed by atoms with E-state index in [-0.39, 0.29) is 0 Å². The normalized spacial score (nSPS) is 7.64. The van der Waals surface area contributed by atoms with E-state index in [2.05, 4.69) is 6.58 Å². The van der Waals surface area contributed by atoms with Crippen LogP contribution < -0.4 is 0 Å². The monoisotopic (exact) mass is 156 g/mol. The molecule has 0 aliphatic heterocycles. The largest absolute Gasteiger partial charge is 0.508 e. The number of hydrogen-bond donors (Lipinski definition) is 1. The van der Waals surface area contributed by atoms with E-state index in [1.807, 2.05) is 27.7 Å². The third kappa shape index (κ3) is 5.71. The lowest BCUT2D eigenvalue weighted by Crippen LogP contribution is -1.84. The van der Waals surface area contributed by atoms with Crippen molar-refractivity contribution in [3.8, 4) is 0 Å². The SMILES string of the molecule is C=CC(O)=C(CC)CC.CC. The molecule has 0 unspecified atom stereocenters. The van der Waals surface area contributed by atoms with Gasteiger partial charge < -0.3 is 5.11 Å². The summed E-state index contributed by atoms with van der Waals surface area (Å²) in [5.74, 6) is 0.347. The van der Waals surface area contributed by atoms with Gasteiger partial charge in [0.25, 0.3) is 0 Å². The van der Waals surface area contributed by atoms with E-state index >= 15 is 0 Å². The molecule has 0 atom stereocenters. The van der Waals surface area contributed by atoms with E-state index < -0.39 is 0 Å². The molecule has 1 heteroatoms. The molecule has 0 radical (unpaired) electrons. The molecule has 0 heterocycles. The van der Waals surface area contributed by atoms with Gasteiger partial charge in [0.05, 0.1) is 0 Å². The van der Waals surface area contributed by atoms with Gasteiger partial charge in [-0.1, -0.05) is 34.3 Å². The van der Waals surface area contributed by atoms with Gasteiger partial charge in [-0.2, -0.15) is 0 Å². The number of aliphatic hydroxyl groups is 1. The van der Waals surface area contributed by atoms with Crippen LogP contribution in [0.5, 0.6) is 0 Å². The molecule has 0 aromatic heterocycles. The summed E-state index contributed by atoms with van der Waals surface area (Å²) < 4.78 is 0. The minimum atomic E-state index is 0.347. The summed E-state index contributed by atoms with van der Waals surface area (Å²) in [7, 11) is 0. The fourth-order valence-corrected chi connectivity index (χ4v) is 0.757. The molecule has 0 aromatic rings. The Kier molecular flexibility index (Phi) is 10.9. The zero-order chi connectivity index (χ0) is 9.28. The first kappa shape index (κ1) is 12.9. The first-order valence-electron chi connectivity index (χ1n) is 4.29. The van der Waals surface area contributed by atoms with Crippen LogP contribution in [0.25, 0.3) is 0 Å². The van der Waals surface area contributed by atoms with Gasteiger partial charge in [-0.05, 0) is 24.5 Å². The molecular weight excluding hydrogens is 136 g/mol. The highest BCUT2D eigenvalue weighted by Crippen LogP contribution is 2.10. The number of hydrogen-bond acceptors (Lipinski definition) is 1. The van der Waals surface area contributed by atoms with Crippen LogP contribution in [-0.4, -0.2) is 5.11 Å². The zero-order valence-electron chi connectivity index (χ0n) is 8.15. The van der Waals surface area contributed by atoms with Crippen molar-refractivity contribution in [3.63, 3.8) is 0 Å². The Morgan fingerprint density at radius 2 is 1.64 bits per heavy atom. The highest BCUT2D eigenvalue weighted by Gasteiger charge is 1.94. The summed E-state index contributed by atoms with van der Waals surface area (Å²) in [6.45, 7) is 11.5. The van der Waals surface area contributed by atoms with E-state index in [0.717, 1.165) is 18.4 Å². The Balaban J connectivity index is 0. The summed E-state index contributed by atoms with van der Waals surface area (Å²) >= 11 is 0. The Hall–Kier alpha value is -0.720. The van der Waals surface area contributed by atoms with Crippen LogP contribution in [-0.2, 0) is 0 Å². The summed E-state index contributed by atoms with van der Waals surface area (Å²) in [6.07, 6.45) is 3.31. The van der Waals surface area contributed by atoms with Gasteiger partial charge in [-0.15, -0.1) is 0 Å². The van der Waals surface area contributed by atoms with E-state index in [4.69, 9.17) is 5.11 Å². The molecule has 0 spiro atoms. The maximum Gasteiger partial charge on any atom is 0.114 e. The second-order valence-corrected chi connectivity index (χ2v) is 1.90. The Morgan fingerprint density at radius 3 is 1.73 bits per heavy atom. The van der Waals surface area contributed by atoms with Crippen molar-refractivity contribution < 1.29 is 5.11 Å². The first-order chi connectivity index (χ1) is 5.26. The van der Waals surface area contributed by atoms with Gasteiger partial charge in [0.15, 0.2) is 0 Å². The third-order valence-electron chi connectivity index (χ3n) is 1.41. The fraction of sp³-hybridized carbons (Fsp3) is 0.600. The van der Waals surface area contributed by atoms with Crippen LogP contribution in [0.3, 0.4) is 0 Å². The zero-order valence-corrected chi connectivity index (χ0v) is 8.15.